The first kappa shape index (κ1) is 22.7. The summed E-state index contributed by atoms with van der Waals surface area (Å²) in [6.45, 7) is 3.24. The summed E-state index contributed by atoms with van der Waals surface area (Å²) < 4.78 is 0. The first-order chi connectivity index (χ1) is 15.9. The lowest BCUT2D eigenvalue weighted by Crippen LogP contribution is -2.56. The quantitative estimate of drug-likeness (QED) is 0.635. The summed E-state index contributed by atoms with van der Waals surface area (Å²) in [5, 5.41) is 6.06. The van der Waals surface area contributed by atoms with Gasteiger partial charge in [-0.3, -0.25) is 14.4 Å². The Labute approximate surface area is 200 Å². The van der Waals surface area contributed by atoms with Gasteiger partial charge in [-0.25, -0.2) is 0 Å². The summed E-state index contributed by atoms with van der Waals surface area (Å²) in [7, 11) is 0. The van der Waals surface area contributed by atoms with Gasteiger partial charge in [0.15, 0.2) is 0 Å². The fourth-order valence-electron chi connectivity index (χ4n) is 7.30. The fourth-order valence-corrected chi connectivity index (χ4v) is 7.56. The zero-order valence-corrected chi connectivity index (χ0v) is 20.1. The van der Waals surface area contributed by atoms with Crippen LogP contribution in [0.5, 0.6) is 0 Å². The third-order valence-corrected chi connectivity index (χ3v) is 8.64. The normalized spacial score (nSPS) is 32.1. The maximum Gasteiger partial charge on any atom is 0.252 e. The molecule has 1 atom stereocenters. The lowest BCUT2D eigenvalue weighted by atomic mass is 9.49. The summed E-state index contributed by atoms with van der Waals surface area (Å²) in [5.41, 5.74) is 0.711. The smallest absolute Gasteiger partial charge is 0.252 e. The number of benzene rings is 1. The number of nitrogens with zero attached hydrogens (tertiary/aromatic N) is 1. The van der Waals surface area contributed by atoms with Crippen molar-refractivity contribution in [2.24, 2.45) is 23.2 Å². The molecule has 5 fully saturated rings. The van der Waals surface area contributed by atoms with Crippen molar-refractivity contribution in [3.63, 3.8) is 0 Å². The Morgan fingerprint density at radius 3 is 2.36 bits per heavy atom. The molecular weight excluding hydrogens is 438 g/mol. The van der Waals surface area contributed by atoms with Crippen molar-refractivity contribution >= 4 is 35.0 Å². The largest absolute Gasteiger partial charge is 0.352 e. The highest BCUT2D eigenvalue weighted by atomic mass is 35.5. The summed E-state index contributed by atoms with van der Waals surface area (Å²) in [6, 6.07) is 4.51. The second-order valence-electron chi connectivity index (χ2n) is 10.8. The minimum Gasteiger partial charge on any atom is -0.352 e. The molecule has 7 heteroatoms. The van der Waals surface area contributed by atoms with Crippen molar-refractivity contribution in [3.05, 3.63) is 28.8 Å². The fraction of sp³-hybridized carbons (Fsp3) is 0.654. The van der Waals surface area contributed by atoms with Gasteiger partial charge in [0.05, 0.1) is 16.0 Å². The molecule has 4 aliphatic carbocycles. The Morgan fingerprint density at radius 1 is 1.09 bits per heavy atom. The van der Waals surface area contributed by atoms with Gasteiger partial charge in [0, 0.05) is 18.8 Å². The molecule has 0 radical (unpaired) electrons. The summed E-state index contributed by atoms with van der Waals surface area (Å²) in [5.74, 6) is 1.94. The summed E-state index contributed by atoms with van der Waals surface area (Å²) >= 11 is 6.33. The predicted octanol–water partition coefficient (Wildman–Crippen LogP) is 4.63. The highest BCUT2D eigenvalue weighted by Gasteiger charge is 2.56. The number of anilines is 1. The van der Waals surface area contributed by atoms with E-state index >= 15 is 0 Å². The van der Waals surface area contributed by atoms with Crippen molar-refractivity contribution in [1.29, 1.82) is 0 Å². The number of hydrogen-bond donors (Lipinski definition) is 2. The van der Waals surface area contributed by atoms with Crippen molar-refractivity contribution < 1.29 is 14.4 Å². The SMILES string of the molecule is CCCNC(=O)c1ccc(NC(=O)C2CCCN2C(=O)C23CC4CC(CC(C4)C2)C3)cc1Cl. The zero-order valence-electron chi connectivity index (χ0n) is 19.4. The molecule has 0 aromatic heterocycles. The molecule has 1 saturated heterocycles. The second-order valence-corrected chi connectivity index (χ2v) is 11.2. The molecule has 0 spiro atoms. The summed E-state index contributed by atoms with van der Waals surface area (Å²) in [6.07, 6.45) is 9.32. The van der Waals surface area contributed by atoms with E-state index in [9.17, 15) is 14.4 Å². The molecule has 4 saturated carbocycles. The van der Waals surface area contributed by atoms with Gasteiger partial charge in [0.25, 0.3) is 5.91 Å². The molecular formula is C26H34ClN3O3. The Kier molecular flexibility index (Phi) is 6.15. The zero-order chi connectivity index (χ0) is 23.2. The maximum atomic E-state index is 13.8. The van der Waals surface area contributed by atoms with Crippen LogP contribution in [0.1, 0.15) is 75.1 Å². The highest BCUT2D eigenvalue weighted by Crippen LogP contribution is 2.60. The molecule has 1 unspecified atom stereocenters. The minimum absolute atomic E-state index is 0.162. The number of nitrogens with one attached hydrogen (secondary N) is 2. The molecule has 5 aliphatic rings. The molecule has 3 amide bonds. The number of rotatable bonds is 6. The molecule has 1 heterocycles. The Morgan fingerprint density at radius 2 is 1.76 bits per heavy atom. The average molecular weight is 472 g/mol. The van der Waals surface area contributed by atoms with Crippen molar-refractivity contribution in [2.45, 2.75) is 70.8 Å². The first-order valence-corrected chi connectivity index (χ1v) is 13.0. The van der Waals surface area contributed by atoms with Gasteiger partial charge in [-0.1, -0.05) is 18.5 Å². The number of hydrogen-bond acceptors (Lipinski definition) is 3. The van der Waals surface area contributed by atoms with Crippen LogP contribution in [0.4, 0.5) is 5.69 Å². The Hall–Kier alpha value is -2.08. The van der Waals surface area contributed by atoms with Crippen molar-refractivity contribution in [2.75, 3.05) is 18.4 Å². The lowest BCUT2D eigenvalue weighted by Gasteiger charge is -2.56. The van der Waals surface area contributed by atoms with E-state index in [1.807, 2.05) is 11.8 Å². The third kappa shape index (κ3) is 4.27. The second kappa shape index (κ2) is 8.94. The van der Waals surface area contributed by atoms with Gasteiger partial charge in [0.1, 0.15) is 6.04 Å². The van der Waals surface area contributed by atoms with Gasteiger partial charge in [0.2, 0.25) is 11.8 Å². The Balaban J connectivity index is 1.27. The lowest BCUT2D eigenvalue weighted by molar-refractivity contribution is -0.160. The van der Waals surface area contributed by atoms with E-state index in [-0.39, 0.29) is 23.1 Å². The van der Waals surface area contributed by atoms with Crippen LogP contribution < -0.4 is 10.6 Å². The van der Waals surface area contributed by atoms with Crippen LogP contribution in [-0.4, -0.2) is 41.8 Å². The van der Waals surface area contributed by atoms with Gasteiger partial charge in [-0.2, -0.15) is 0 Å². The van der Waals surface area contributed by atoms with E-state index in [0.717, 1.165) is 32.1 Å². The maximum absolute atomic E-state index is 13.8. The number of likely N-dealkylation sites (tertiary alicyclic amines) is 1. The van der Waals surface area contributed by atoms with Gasteiger partial charge in [-0.15, -0.1) is 0 Å². The monoisotopic (exact) mass is 471 g/mol. The predicted molar refractivity (Wildman–Crippen MR) is 128 cm³/mol. The summed E-state index contributed by atoms with van der Waals surface area (Å²) in [4.78, 5) is 41.1. The molecule has 1 aromatic carbocycles. The molecule has 1 aliphatic heterocycles. The molecule has 4 bridgehead atoms. The molecule has 178 valence electrons. The van der Waals surface area contributed by atoms with Crippen molar-refractivity contribution in [1.82, 2.24) is 10.2 Å². The molecule has 1 aromatic rings. The van der Waals surface area contributed by atoms with Crippen LogP contribution in [0.15, 0.2) is 18.2 Å². The third-order valence-electron chi connectivity index (χ3n) is 8.33. The standard InChI is InChI=1S/C26H34ClN3O3/c1-2-7-28-23(31)20-6-5-19(12-21(20)27)29-24(32)22-4-3-8-30(22)25(33)26-13-16-9-17(14-26)11-18(10-16)15-26/h5-6,12,16-18,22H,2-4,7-11,13-15H2,1H3,(H,28,31)(H,29,32). The van der Waals surface area contributed by atoms with Crippen LogP contribution in [0.2, 0.25) is 5.02 Å². The van der Waals surface area contributed by atoms with E-state index in [1.54, 1.807) is 18.2 Å². The average Bonchev–Trinajstić information content (AvgIpc) is 3.26. The van der Waals surface area contributed by atoms with E-state index in [4.69, 9.17) is 11.6 Å². The van der Waals surface area contributed by atoms with Crippen LogP contribution >= 0.6 is 11.6 Å². The number of halogens is 1. The van der Waals surface area contributed by atoms with Gasteiger partial charge >= 0.3 is 0 Å². The molecule has 2 N–H and O–H groups in total. The van der Waals surface area contributed by atoms with Gasteiger partial charge < -0.3 is 15.5 Å². The Bertz CT molecular complexity index is 927. The number of carbonyl (C=O) groups is 3. The first-order valence-electron chi connectivity index (χ1n) is 12.6. The molecule has 6 nitrogen and oxygen atoms in total. The molecule has 6 rings (SSSR count). The molecule has 33 heavy (non-hydrogen) atoms. The van der Waals surface area contributed by atoms with Crippen molar-refractivity contribution in [3.8, 4) is 0 Å². The van der Waals surface area contributed by atoms with E-state index in [1.165, 1.54) is 19.3 Å². The van der Waals surface area contributed by atoms with Gasteiger partial charge in [-0.05, 0) is 93.7 Å². The minimum atomic E-state index is -0.434. The van der Waals surface area contributed by atoms with Crippen LogP contribution in [0.3, 0.4) is 0 Å². The topological polar surface area (TPSA) is 78.5 Å². The van der Waals surface area contributed by atoms with Crippen LogP contribution in [-0.2, 0) is 9.59 Å². The van der Waals surface area contributed by atoms with Crippen LogP contribution in [0.25, 0.3) is 0 Å². The number of carbonyl (C=O) groups excluding carboxylic acids is 3. The number of amides is 3. The van der Waals surface area contributed by atoms with E-state index in [0.29, 0.717) is 53.5 Å². The van der Waals surface area contributed by atoms with E-state index in [2.05, 4.69) is 10.6 Å². The van der Waals surface area contributed by atoms with Crippen LogP contribution in [0, 0.1) is 23.2 Å². The highest BCUT2D eigenvalue weighted by molar-refractivity contribution is 6.34. The van der Waals surface area contributed by atoms with E-state index < -0.39 is 6.04 Å².